The molecule has 0 atom stereocenters. The van der Waals surface area contributed by atoms with Crippen LogP contribution >= 0.6 is 35.7 Å². The molecule has 1 aliphatic rings. The molecule has 0 aliphatic carbocycles. The second-order valence-corrected chi connectivity index (χ2v) is 5.43. The molecule has 1 saturated heterocycles. The summed E-state index contributed by atoms with van der Waals surface area (Å²) in [6.07, 6.45) is 0. The van der Waals surface area contributed by atoms with Crippen LogP contribution in [0, 0.1) is 6.92 Å². The van der Waals surface area contributed by atoms with Crippen molar-refractivity contribution in [1.82, 2.24) is 4.90 Å². The van der Waals surface area contributed by atoms with Gasteiger partial charge in [0.2, 0.25) is 0 Å². The largest absolute Gasteiger partial charge is 0.370 e. The number of nitrogens with two attached hydrogens (primary N) is 1. The van der Waals surface area contributed by atoms with Gasteiger partial charge in [0.1, 0.15) is 0 Å². The molecule has 2 N–H and O–H groups in total. The van der Waals surface area contributed by atoms with Gasteiger partial charge in [-0.2, -0.15) is 11.8 Å². The quantitative estimate of drug-likeness (QED) is 0.489. The number of hydrogen-bond acceptors (Lipinski definition) is 2. The van der Waals surface area contributed by atoms with Crippen LogP contribution in [-0.2, 0) is 6.54 Å². The molecule has 1 aromatic carbocycles. The molecule has 0 radical (unpaired) electrons. The van der Waals surface area contributed by atoms with E-state index in [9.17, 15) is 0 Å². The zero-order valence-corrected chi connectivity index (χ0v) is 13.8. The fourth-order valence-electron chi connectivity index (χ4n) is 1.85. The molecule has 0 bridgehead atoms. The van der Waals surface area contributed by atoms with Crippen molar-refractivity contribution in [3.63, 3.8) is 0 Å². The monoisotopic (exact) mass is 377 g/mol. The first-order valence-electron chi connectivity index (χ1n) is 5.94. The Bertz CT molecular complexity index is 403. The van der Waals surface area contributed by atoms with Crippen LogP contribution in [0.3, 0.4) is 0 Å². The fourth-order valence-corrected chi connectivity index (χ4v) is 2.75. The van der Waals surface area contributed by atoms with E-state index in [4.69, 9.17) is 5.73 Å². The average molecular weight is 377 g/mol. The summed E-state index contributed by atoms with van der Waals surface area (Å²) in [6.45, 7) is 4.84. The van der Waals surface area contributed by atoms with Crippen LogP contribution in [0.2, 0.25) is 0 Å². The number of nitrogens with zero attached hydrogens (tertiary/aromatic N) is 2. The molecule has 1 fully saturated rings. The molecule has 1 aliphatic heterocycles. The molecule has 5 heteroatoms. The highest BCUT2D eigenvalue weighted by Crippen LogP contribution is 2.10. The number of guanidine groups is 1. The van der Waals surface area contributed by atoms with Gasteiger partial charge in [-0.05, 0) is 18.1 Å². The lowest BCUT2D eigenvalue weighted by molar-refractivity contribution is 0.455. The van der Waals surface area contributed by atoms with Crippen LogP contribution < -0.4 is 5.73 Å². The molecule has 3 nitrogen and oxygen atoms in total. The van der Waals surface area contributed by atoms with Crippen molar-refractivity contribution in [3.8, 4) is 0 Å². The smallest absolute Gasteiger partial charge is 0.191 e. The van der Waals surface area contributed by atoms with E-state index >= 15 is 0 Å². The summed E-state index contributed by atoms with van der Waals surface area (Å²) in [5.41, 5.74) is 8.54. The number of aryl methyl sites for hydroxylation is 1. The van der Waals surface area contributed by atoms with Crippen LogP contribution in [0.15, 0.2) is 29.3 Å². The summed E-state index contributed by atoms with van der Waals surface area (Å²) in [5.74, 6) is 3.00. The Morgan fingerprint density at radius 3 is 2.67 bits per heavy atom. The van der Waals surface area contributed by atoms with Gasteiger partial charge in [-0.25, -0.2) is 4.99 Å². The Morgan fingerprint density at radius 2 is 2.00 bits per heavy atom. The number of aliphatic imine (C=N–C) groups is 1. The van der Waals surface area contributed by atoms with Crippen molar-refractivity contribution in [2.45, 2.75) is 13.5 Å². The van der Waals surface area contributed by atoms with E-state index in [0.29, 0.717) is 12.5 Å². The molecule has 18 heavy (non-hydrogen) atoms. The van der Waals surface area contributed by atoms with E-state index in [1.807, 2.05) is 23.9 Å². The van der Waals surface area contributed by atoms with Crippen LogP contribution in [0.4, 0.5) is 0 Å². The second kappa shape index (κ2) is 7.89. The maximum atomic E-state index is 6.01. The van der Waals surface area contributed by atoms with Crippen LogP contribution in [0.25, 0.3) is 0 Å². The van der Waals surface area contributed by atoms with Gasteiger partial charge in [0.25, 0.3) is 0 Å². The molecular weight excluding hydrogens is 357 g/mol. The predicted octanol–water partition coefficient (Wildman–Crippen LogP) is 2.48. The third kappa shape index (κ3) is 4.35. The molecule has 0 spiro atoms. The molecule has 1 heterocycles. The van der Waals surface area contributed by atoms with Crippen LogP contribution in [0.1, 0.15) is 11.1 Å². The average Bonchev–Trinajstić information content (AvgIpc) is 2.38. The molecule has 0 saturated carbocycles. The Balaban J connectivity index is 0.00000162. The third-order valence-corrected chi connectivity index (χ3v) is 3.95. The number of hydrogen-bond donors (Lipinski definition) is 1. The van der Waals surface area contributed by atoms with Crippen molar-refractivity contribution in [3.05, 3.63) is 35.4 Å². The SMILES string of the molecule is Cc1ccccc1CN=C(N)N1CCSCC1.I. The highest BCUT2D eigenvalue weighted by molar-refractivity contribution is 14.0. The van der Waals surface area contributed by atoms with E-state index in [-0.39, 0.29) is 24.0 Å². The van der Waals surface area contributed by atoms with Crippen molar-refractivity contribution in [1.29, 1.82) is 0 Å². The van der Waals surface area contributed by atoms with Crippen molar-refractivity contribution < 1.29 is 0 Å². The van der Waals surface area contributed by atoms with Gasteiger partial charge in [-0.15, -0.1) is 24.0 Å². The maximum absolute atomic E-state index is 6.01. The maximum Gasteiger partial charge on any atom is 0.191 e. The second-order valence-electron chi connectivity index (χ2n) is 4.20. The van der Waals surface area contributed by atoms with Gasteiger partial charge in [0.05, 0.1) is 6.54 Å². The van der Waals surface area contributed by atoms with Crippen LogP contribution in [0.5, 0.6) is 0 Å². The summed E-state index contributed by atoms with van der Waals surface area (Å²) in [4.78, 5) is 6.67. The van der Waals surface area contributed by atoms with Gasteiger partial charge in [0, 0.05) is 24.6 Å². The summed E-state index contributed by atoms with van der Waals surface area (Å²) in [5, 5.41) is 0. The number of thioether (sulfide) groups is 1. The molecule has 0 amide bonds. The van der Waals surface area contributed by atoms with E-state index in [1.165, 1.54) is 11.1 Å². The Morgan fingerprint density at radius 1 is 1.33 bits per heavy atom. The standard InChI is InChI=1S/C13H19N3S.HI/c1-11-4-2-3-5-12(11)10-15-13(14)16-6-8-17-9-7-16;/h2-5H,6-10H2,1H3,(H2,14,15);1H. The number of rotatable bonds is 2. The van der Waals surface area contributed by atoms with Gasteiger partial charge in [-0.1, -0.05) is 24.3 Å². The molecule has 1 aromatic rings. The molecule has 0 aromatic heterocycles. The van der Waals surface area contributed by atoms with E-state index in [2.05, 4.69) is 28.9 Å². The minimum absolute atomic E-state index is 0. The topological polar surface area (TPSA) is 41.6 Å². The van der Waals surface area contributed by atoms with Crippen molar-refractivity contribution >= 4 is 41.7 Å². The first kappa shape index (κ1) is 15.6. The summed E-state index contributed by atoms with van der Waals surface area (Å²) < 4.78 is 0. The summed E-state index contributed by atoms with van der Waals surface area (Å²) in [7, 11) is 0. The minimum atomic E-state index is 0. The lowest BCUT2D eigenvalue weighted by atomic mass is 10.1. The zero-order chi connectivity index (χ0) is 12.1. The van der Waals surface area contributed by atoms with Crippen molar-refractivity contribution in [2.75, 3.05) is 24.6 Å². The normalized spacial score (nSPS) is 16.3. The Kier molecular flexibility index (Phi) is 6.85. The highest BCUT2D eigenvalue weighted by atomic mass is 127. The van der Waals surface area contributed by atoms with Gasteiger partial charge < -0.3 is 10.6 Å². The first-order valence-corrected chi connectivity index (χ1v) is 7.10. The Labute approximate surface area is 130 Å². The molecule has 100 valence electrons. The van der Waals surface area contributed by atoms with Gasteiger partial charge in [0.15, 0.2) is 5.96 Å². The van der Waals surface area contributed by atoms with E-state index in [0.717, 1.165) is 24.6 Å². The van der Waals surface area contributed by atoms with E-state index < -0.39 is 0 Å². The lowest BCUT2D eigenvalue weighted by Gasteiger charge is -2.27. The number of benzene rings is 1. The van der Waals surface area contributed by atoms with Gasteiger partial charge >= 0.3 is 0 Å². The van der Waals surface area contributed by atoms with Crippen molar-refractivity contribution in [2.24, 2.45) is 10.7 Å². The summed E-state index contributed by atoms with van der Waals surface area (Å²) in [6, 6.07) is 8.32. The number of halogens is 1. The third-order valence-electron chi connectivity index (χ3n) is 3.01. The van der Waals surface area contributed by atoms with E-state index in [1.54, 1.807) is 0 Å². The van der Waals surface area contributed by atoms with Gasteiger partial charge in [-0.3, -0.25) is 0 Å². The fraction of sp³-hybridized carbons (Fsp3) is 0.462. The molecule has 2 rings (SSSR count). The highest BCUT2D eigenvalue weighted by Gasteiger charge is 2.11. The predicted molar refractivity (Wildman–Crippen MR) is 90.8 cm³/mol. The minimum Gasteiger partial charge on any atom is -0.370 e. The Hall–Kier alpha value is -0.430. The molecular formula is C13H20IN3S. The zero-order valence-electron chi connectivity index (χ0n) is 10.6. The lowest BCUT2D eigenvalue weighted by Crippen LogP contribution is -2.42. The summed E-state index contributed by atoms with van der Waals surface area (Å²) >= 11 is 1.98. The van der Waals surface area contributed by atoms with Crippen LogP contribution in [-0.4, -0.2) is 35.5 Å². The molecule has 0 unspecified atom stereocenters. The first-order chi connectivity index (χ1) is 8.27.